The van der Waals surface area contributed by atoms with Gasteiger partial charge in [-0.25, -0.2) is 4.79 Å². The molecule has 2 aromatic rings. The van der Waals surface area contributed by atoms with Crippen LogP contribution in [0.25, 0.3) is 0 Å². The summed E-state index contributed by atoms with van der Waals surface area (Å²) in [6.07, 6.45) is -0.983. The van der Waals surface area contributed by atoms with Crippen LogP contribution in [0.1, 0.15) is 5.56 Å². The van der Waals surface area contributed by atoms with Crippen LogP contribution in [0.15, 0.2) is 54.6 Å². The third-order valence-corrected chi connectivity index (χ3v) is 2.62. The van der Waals surface area contributed by atoms with Crippen molar-refractivity contribution in [2.75, 3.05) is 10.6 Å². The summed E-state index contributed by atoms with van der Waals surface area (Å²) in [6, 6.07) is 16.3. The van der Waals surface area contributed by atoms with Gasteiger partial charge in [-0.15, -0.1) is 0 Å². The standard InChI is InChI=1S/C14H14N2O2/c15-12-6-8-13(9-7-12)16(14(17)18)10-11-4-2-1-3-5-11/h1-9H,10,15H2,(H,17,18). The van der Waals surface area contributed by atoms with Gasteiger partial charge in [0.1, 0.15) is 0 Å². The lowest BCUT2D eigenvalue weighted by Crippen LogP contribution is -2.28. The monoisotopic (exact) mass is 242 g/mol. The lowest BCUT2D eigenvalue weighted by molar-refractivity contribution is 0.201. The number of nitrogens with two attached hydrogens (primary N) is 1. The Morgan fingerprint density at radius 1 is 1.06 bits per heavy atom. The smallest absolute Gasteiger partial charge is 0.412 e. The molecule has 0 fully saturated rings. The van der Waals surface area contributed by atoms with Crippen molar-refractivity contribution < 1.29 is 9.90 Å². The molecule has 0 bridgehead atoms. The molecule has 0 aliphatic carbocycles. The first-order chi connectivity index (χ1) is 8.66. The fourth-order valence-electron chi connectivity index (χ4n) is 1.69. The van der Waals surface area contributed by atoms with E-state index in [4.69, 9.17) is 5.73 Å². The second-order valence-corrected chi connectivity index (χ2v) is 3.95. The van der Waals surface area contributed by atoms with Crippen LogP contribution >= 0.6 is 0 Å². The number of hydrogen-bond donors (Lipinski definition) is 2. The summed E-state index contributed by atoms with van der Waals surface area (Å²) in [5.41, 5.74) is 7.76. The molecule has 3 N–H and O–H groups in total. The van der Waals surface area contributed by atoms with E-state index in [9.17, 15) is 9.90 Å². The molecule has 0 saturated heterocycles. The van der Waals surface area contributed by atoms with E-state index in [1.807, 2.05) is 30.3 Å². The van der Waals surface area contributed by atoms with E-state index in [2.05, 4.69) is 0 Å². The van der Waals surface area contributed by atoms with Gasteiger partial charge in [-0.05, 0) is 29.8 Å². The Hall–Kier alpha value is -2.49. The first-order valence-electron chi connectivity index (χ1n) is 5.57. The summed E-state index contributed by atoms with van der Waals surface area (Å²) in [4.78, 5) is 12.6. The van der Waals surface area contributed by atoms with Crippen LogP contribution in [0.5, 0.6) is 0 Å². The maximum absolute atomic E-state index is 11.3. The van der Waals surface area contributed by atoms with Gasteiger partial charge in [-0.2, -0.15) is 0 Å². The van der Waals surface area contributed by atoms with Gasteiger partial charge in [0, 0.05) is 11.4 Å². The van der Waals surface area contributed by atoms with E-state index >= 15 is 0 Å². The third-order valence-electron chi connectivity index (χ3n) is 2.62. The predicted molar refractivity (Wildman–Crippen MR) is 71.5 cm³/mol. The maximum Gasteiger partial charge on any atom is 0.412 e. The van der Waals surface area contributed by atoms with Crippen LogP contribution in [0.2, 0.25) is 0 Å². The fraction of sp³-hybridized carbons (Fsp3) is 0.0714. The zero-order valence-electron chi connectivity index (χ0n) is 9.78. The number of carbonyl (C=O) groups is 1. The van der Waals surface area contributed by atoms with Gasteiger partial charge in [0.2, 0.25) is 0 Å². The maximum atomic E-state index is 11.3. The van der Waals surface area contributed by atoms with Gasteiger partial charge in [0.05, 0.1) is 6.54 Å². The van der Waals surface area contributed by atoms with Crippen molar-refractivity contribution in [1.29, 1.82) is 0 Å². The van der Waals surface area contributed by atoms with E-state index in [1.165, 1.54) is 4.90 Å². The molecule has 2 aromatic carbocycles. The summed E-state index contributed by atoms with van der Waals surface area (Å²) >= 11 is 0. The summed E-state index contributed by atoms with van der Waals surface area (Å²) in [6.45, 7) is 0.320. The minimum atomic E-state index is -0.983. The number of carboxylic acid groups (broad SMARTS) is 1. The van der Waals surface area contributed by atoms with Crippen LogP contribution in [0.4, 0.5) is 16.2 Å². The second-order valence-electron chi connectivity index (χ2n) is 3.95. The zero-order chi connectivity index (χ0) is 13.0. The summed E-state index contributed by atoms with van der Waals surface area (Å²) in [5.74, 6) is 0. The van der Waals surface area contributed by atoms with Crippen molar-refractivity contribution in [1.82, 2.24) is 0 Å². The molecule has 0 atom stereocenters. The number of anilines is 2. The lowest BCUT2D eigenvalue weighted by Gasteiger charge is -2.19. The van der Waals surface area contributed by atoms with E-state index < -0.39 is 6.09 Å². The van der Waals surface area contributed by atoms with Gasteiger partial charge < -0.3 is 10.8 Å². The fourth-order valence-corrected chi connectivity index (χ4v) is 1.69. The highest BCUT2D eigenvalue weighted by atomic mass is 16.4. The highest BCUT2D eigenvalue weighted by Gasteiger charge is 2.14. The molecule has 0 unspecified atom stereocenters. The normalized spacial score (nSPS) is 10.0. The molecule has 0 heterocycles. The molecule has 4 nitrogen and oxygen atoms in total. The van der Waals surface area contributed by atoms with Crippen molar-refractivity contribution in [3.8, 4) is 0 Å². The van der Waals surface area contributed by atoms with Gasteiger partial charge in [-0.3, -0.25) is 4.90 Å². The number of nitrogens with zero attached hydrogens (tertiary/aromatic N) is 1. The number of hydrogen-bond acceptors (Lipinski definition) is 2. The van der Waals surface area contributed by atoms with Crippen LogP contribution in [-0.4, -0.2) is 11.2 Å². The van der Waals surface area contributed by atoms with Crippen molar-refractivity contribution >= 4 is 17.5 Å². The second kappa shape index (κ2) is 5.23. The van der Waals surface area contributed by atoms with Crippen molar-refractivity contribution in [3.05, 3.63) is 60.2 Å². The Balaban J connectivity index is 2.24. The molecule has 0 aliphatic heterocycles. The zero-order valence-corrected chi connectivity index (χ0v) is 9.78. The van der Waals surface area contributed by atoms with E-state index in [1.54, 1.807) is 24.3 Å². The molecule has 1 amide bonds. The molecule has 18 heavy (non-hydrogen) atoms. The molecule has 0 radical (unpaired) electrons. The Morgan fingerprint density at radius 3 is 2.22 bits per heavy atom. The predicted octanol–water partition coefficient (Wildman–Crippen LogP) is 2.95. The van der Waals surface area contributed by atoms with Crippen LogP contribution in [-0.2, 0) is 6.54 Å². The minimum Gasteiger partial charge on any atom is -0.465 e. The first kappa shape index (κ1) is 12.0. The molecular formula is C14H14N2O2. The Kier molecular flexibility index (Phi) is 3.48. The molecule has 4 heteroatoms. The SMILES string of the molecule is Nc1ccc(N(Cc2ccccc2)C(=O)O)cc1. The lowest BCUT2D eigenvalue weighted by atomic mass is 10.2. The summed E-state index contributed by atoms with van der Waals surface area (Å²) < 4.78 is 0. The number of nitrogen functional groups attached to an aromatic ring is 1. The Bertz CT molecular complexity index is 523. The Labute approximate surface area is 105 Å². The molecule has 0 aromatic heterocycles. The number of amides is 1. The van der Waals surface area contributed by atoms with Gasteiger partial charge >= 0.3 is 6.09 Å². The first-order valence-corrected chi connectivity index (χ1v) is 5.57. The molecule has 0 saturated carbocycles. The summed E-state index contributed by atoms with van der Waals surface area (Å²) in [7, 11) is 0. The minimum absolute atomic E-state index is 0.320. The van der Waals surface area contributed by atoms with Crippen molar-refractivity contribution in [2.24, 2.45) is 0 Å². The van der Waals surface area contributed by atoms with Gasteiger partial charge in [-0.1, -0.05) is 30.3 Å². The van der Waals surface area contributed by atoms with E-state index in [-0.39, 0.29) is 0 Å². The topological polar surface area (TPSA) is 66.6 Å². The highest BCUT2D eigenvalue weighted by molar-refractivity contribution is 5.86. The molecule has 0 spiro atoms. The number of benzene rings is 2. The highest BCUT2D eigenvalue weighted by Crippen LogP contribution is 2.19. The van der Waals surface area contributed by atoms with Crippen molar-refractivity contribution in [2.45, 2.75) is 6.54 Å². The Morgan fingerprint density at radius 2 is 1.67 bits per heavy atom. The van der Waals surface area contributed by atoms with Gasteiger partial charge in [0.15, 0.2) is 0 Å². The molecular weight excluding hydrogens is 228 g/mol. The largest absolute Gasteiger partial charge is 0.465 e. The van der Waals surface area contributed by atoms with Crippen LogP contribution < -0.4 is 10.6 Å². The van der Waals surface area contributed by atoms with E-state index in [0.717, 1.165) is 5.56 Å². The van der Waals surface area contributed by atoms with Crippen molar-refractivity contribution in [3.63, 3.8) is 0 Å². The van der Waals surface area contributed by atoms with E-state index in [0.29, 0.717) is 17.9 Å². The van der Waals surface area contributed by atoms with Gasteiger partial charge in [0.25, 0.3) is 0 Å². The molecule has 2 rings (SSSR count). The summed E-state index contributed by atoms with van der Waals surface area (Å²) in [5, 5.41) is 9.25. The van der Waals surface area contributed by atoms with Crippen LogP contribution in [0.3, 0.4) is 0 Å². The third kappa shape index (κ3) is 2.79. The average Bonchev–Trinajstić information content (AvgIpc) is 2.38. The van der Waals surface area contributed by atoms with Crippen LogP contribution in [0, 0.1) is 0 Å². The number of rotatable bonds is 3. The average molecular weight is 242 g/mol. The quantitative estimate of drug-likeness (QED) is 0.813. The molecule has 92 valence electrons. The molecule has 0 aliphatic rings.